The van der Waals surface area contributed by atoms with Gasteiger partial charge in [-0.15, -0.1) is 0 Å². The third-order valence-electron chi connectivity index (χ3n) is 3.94. The first kappa shape index (κ1) is 14.0. The molecule has 0 N–H and O–H groups in total. The van der Waals surface area contributed by atoms with Crippen molar-refractivity contribution in [2.24, 2.45) is 23.7 Å². The predicted molar refractivity (Wildman–Crippen MR) is 66.5 cm³/mol. The molecule has 0 saturated carbocycles. The molecule has 0 aromatic carbocycles. The second-order valence-corrected chi connectivity index (χ2v) is 5.29. The van der Waals surface area contributed by atoms with Gasteiger partial charge in [0.15, 0.2) is 0 Å². The van der Waals surface area contributed by atoms with Crippen LogP contribution in [0.3, 0.4) is 0 Å². The van der Waals surface area contributed by atoms with Crippen molar-refractivity contribution in [2.75, 3.05) is 0 Å². The van der Waals surface area contributed by atoms with Gasteiger partial charge in [-0.05, 0) is 23.7 Å². The van der Waals surface area contributed by atoms with Gasteiger partial charge in [0, 0.05) is 0 Å². The molecule has 86 valence electrons. The van der Waals surface area contributed by atoms with E-state index in [1.807, 2.05) is 0 Å². The molecule has 0 saturated heterocycles. The zero-order valence-electron chi connectivity index (χ0n) is 11.1. The van der Waals surface area contributed by atoms with Crippen molar-refractivity contribution in [3.05, 3.63) is 0 Å². The highest BCUT2D eigenvalue weighted by Gasteiger charge is 2.23. The Morgan fingerprint density at radius 1 is 0.929 bits per heavy atom. The van der Waals surface area contributed by atoms with Crippen molar-refractivity contribution < 1.29 is 0 Å². The van der Waals surface area contributed by atoms with E-state index in [2.05, 4.69) is 41.5 Å². The van der Waals surface area contributed by atoms with Crippen molar-refractivity contribution in [3.63, 3.8) is 0 Å². The maximum atomic E-state index is 2.45. The van der Waals surface area contributed by atoms with Gasteiger partial charge in [0.2, 0.25) is 0 Å². The van der Waals surface area contributed by atoms with Gasteiger partial charge in [-0.1, -0.05) is 67.2 Å². The Kier molecular flexibility index (Phi) is 7.31. The van der Waals surface area contributed by atoms with Crippen LogP contribution in [0.15, 0.2) is 0 Å². The summed E-state index contributed by atoms with van der Waals surface area (Å²) < 4.78 is 0. The van der Waals surface area contributed by atoms with Gasteiger partial charge in [-0.2, -0.15) is 0 Å². The van der Waals surface area contributed by atoms with Gasteiger partial charge in [-0.3, -0.25) is 0 Å². The second kappa shape index (κ2) is 7.31. The summed E-state index contributed by atoms with van der Waals surface area (Å²) in [5.41, 5.74) is 0. The van der Waals surface area contributed by atoms with Crippen LogP contribution in [0.25, 0.3) is 0 Å². The monoisotopic (exact) mass is 198 g/mol. The van der Waals surface area contributed by atoms with Crippen LogP contribution in [0, 0.1) is 23.7 Å². The number of unbranched alkanes of at least 4 members (excludes halogenated alkanes) is 1. The summed E-state index contributed by atoms with van der Waals surface area (Å²) in [5, 5.41) is 0. The van der Waals surface area contributed by atoms with E-state index in [0.717, 1.165) is 23.7 Å². The first-order chi connectivity index (χ1) is 6.54. The molecule has 0 amide bonds. The Balaban J connectivity index is 4.10. The largest absolute Gasteiger partial charge is 0.0654 e. The third-order valence-corrected chi connectivity index (χ3v) is 3.94. The quantitative estimate of drug-likeness (QED) is 0.532. The van der Waals surface area contributed by atoms with Gasteiger partial charge in [0.05, 0.1) is 0 Å². The SMILES string of the molecule is CCCCC(C)C(CC)C(C)C(C)C. The van der Waals surface area contributed by atoms with E-state index >= 15 is 0 Å². The minimum atomic E-state index is 0.837. The molecule has 0 spiro atoms. The van der Waals surface area contributed by atoms with Gasteiger partial charge in [0.25, 0.3) is 0 Å². The lowest BCUT2D eigenvalue weighted by atomic mass is 9.75. The third kappa shape index (κ3) is 4.48. The highest BCUT2D eigenvalue weighted by atomic mass is 14.3. The molecule has 0 heterocycles. The first-order valence-corrected chi connectivity index (χ1v) is 6.54. The van der Waals surface area contributed by atoms with E-state index in [0.29, 0.717) is 0 Å². The zero-order chi connectivity index (χ0) is 11.1. The molecule has 0 radical (unpaired) electrons. The average Bonchev–Trinajstić information content (AvgIpc) is 2.15. The molecule has 14 heavy (non-hydrogen) atoms. The highest BCUT2D eigenvalue weighted by Crippen LogP contribution is 2.32. The molecule has 0 aromatic heterocycles. The lowest BCUT2D eigenvalue weighted by Gasteiger charge is -2.31. The maximum Gasteiger partial charge on any atom is -0.0363 e. The Labute approximate surface area is 91.5 Å². The van der Waals surface area contributed by atoms with E-state index in [1.54, 1.807) is 0 Å². The van der Waals surface area contributed by atoms with Crippen molar-refractivity contribution in [1.82, 2.24) is 0 Å². The molecule has 0 fully saturated rings. The molecule has 0 aliphatic rings. The minimum absolute atomic E-state index is 0.837. The molecule has 0 aliphatic heterocycles. The van der Waals surface area contributed by atoms with Crippen LogP contribution in [-0.4, -0.2) is 0 Å². The van der Waals surface area contributed by atoms with Crippen molar-refractivity contribution in [2.45, 2.75) is 67.2 Å². The normalized spacial score (nSPS) is 18.2. The Hall–Kier alpha value is 0. The van der Waals surface area contributed by atoms with Crippen LogP contribution in [0.2, 0.25) is 0 Å². The second-order valence-electron chi connectivity index (χ2n) is 5.29. The molecule has 0 rings (SSSR count). The summed E-state index contributed by atoms with van der Waals surface area (Å²) >= 11 is 0. The van der Waals surface area contributed by atoms with Crippen LogP contribution in [0.5, 0.6) is 0 Å². The lowest BCUT2D eigenvalue weighted by molar-refractivity contribution is 0.187. The molecular weight excluding hydrogens is 168 g/mol. The van der Waals surface area contributed by atoms with Crippen molar-refractivity contribution in [3.8, 4) is 0 Å². The standard InChI is InChI=1S/C14H30/c1-7-9-10-12(5)14(8-2)13(6)11(3)4/h11-14H,7-10H2,1-6H3. The highest BCUT2D eigenvalue weighted by molar-refractivity contribution is 4.73. The Bertz CT molecular complexity index is 126. The van der Waals surface area contributed by atoms with Crippen LogP contribution < -0.4 is 0 Å². The Morgan fingerprint density at radius 2 is 1.50 bits per heavy atom. The maximum absolute atomic E-state index is 2.45. The molecule has 0 bridgehead atoms. The predicted octanol–water partition coefficient (Wildman–Crippen LogP) is 5.13. The van der Waals surface area contributed by atoms with Crippen LogP contribution in [0.4, 0.5) is 0 Å². The average molecular weight is 198 g/mol. The Morgan fingerprint density at radius 3 is 1.86 bits per heavy atom. The molecule has 3 unspecified atom stereocenters. The fourth-order valence-corrected chi connectivity index (χ4v) is 2.53. The topological polar surface area (TPSA) is 0 Å². The summed E-state index contributed by atoms with van der Waals surface area (Å²) in [6.45, 7) is 14.2. The van der Waals surface area contributed by atoms with Crippen LogP contribution in [0.1, 0.15) is 67.2 Å². The minimum Gasteiger partial charge on any atom is -0.0654 e. The first-order valence-electron chi connectivity index (χ1n) is 6.54. The zero-order valence-corrected chi connectivity index (χ0v) is 11.1. The summed E-state index contributed by atoms with van der Waals surface area (Å²) in [5.74, 6) is 3.56. The van der Waals surface area contributed by atoms with E-state index in [1.165, 1.54) is 25.7 Å². The van der Waals surface area contributed by atoms with E-state index < -0.39 is 0 Å². The molecular formula is C14H30. The van der Waals surface area contributed by atoms with E-state index in [4.69, 9.17) is 0 Å². The van der Waals surface area contributed by atoms with Gasteiger partial charge in [-0.25, -0.2) is 0 Å². The summed E-state index contributed by atoms with van der Waals surface area (Å²) in [6, 6.07) is 0. The fourth-order valence-electron chi connectivity index (χ4n) is 2.53. The van der Waals surface area contributed by atoms with Gasteiger partial charge in [0.1, 0.15) is 0 Å². The van der Waals surface area contributed by atoms with Crippen LogP contribution in [-0.2, 0) is 0 Å². The van der Waals surface area contributed by atoms with E-state index in [-0.39, 0.29) is 0 Å². The van der Waals surface area contributed by atoms with Crippen molar-refractivity contribution >= 4 is 0 Å². The summed E-state index contributed by atoms with van der Waals surface area (Å²) in [6.07, 6.45) is 5.52. The number of hydrogen-bond acceptors (Lipinski definition) is 0. The molecule has 0 heteroatoms. The fraction of sp³-hybridized carbons (Fsp3) is 1.00. The molecule has 3 atom stereocenters. The van der Waals surface area contributed by atoms with Gasteiger partial charge >= 0.3 is 0 Å². The molecule has 0 aliphatic carbocycles. The summed E-state index contributed by atoms with van der Waals surface area (Å²) in [4.78, 5) is 0. The molecule has 0 aromatic rings. The van der Waals surface area contributed by atoms with E-state index in [9.17, 15) is 0 Å². The summed E-state index contributed by atoms with van der Waals surface area (Å²) in [7, 11) is 0. The lowest BCUT2D eigenvalue weighted by Crippen LogP contribution is -2.23. The smallest absolute Gasteiger partial charge is 0.0363 e. The van der Waals surface area contributed by atoms with Crippen LogP contribution >= 0.6 is 0 Å². The number of hydrogen-bond donors (Lipinski definition) is 0. The van der Waals surface area contributed by atoms with Gasteiger partial charge < -0.3 is 0 Å². The molecule has 0 nitrogen and oxygen atoms in total. The van der Waals surface area contributed by atoms with Crippen molar-refractivity contribution in [1.29, 1.82) is 0 Å². The number of rotatable bonds is 7.